The minimum Gasteiger partial charge on any atom is -0.355 e. The number of hydrogen-bond donors (Lipinski definition) is 1. The first-order valence-corrected chi connectivity index (χ1v) is 8.01. The molecule has 0 aromatic carbocycles. The lowest BCUT2D eigenvalue weighted by molar-refractivity contribution is -0.122. The molecule has 1 unspecified atom stereocenters. The van der Waals surface area contributed by atoms with Gasteiger partial charge in [-0.25, -0.2) is 8.42 Å². The number of carbonyl (C=O) groups is 1. The van der Waals surface area contributed by atoms with Gasteiger partial charge in [0.25, 0.3) is 0 Å². The van der Waals surface area contributed by atoms with Gasteiger partial charge >= 0.3 is 0 Å². The molecule has 0 fully saturated rings. The van der Waals surface area contributed by atoms with E-state index in [-0.39, 0.29) is 0 Å². The number of halogens is 1. The Morgan fingerprint density at radius 2 is 1.94 bits per heavy atom. The third-order valence-electron chi connectivity index (χ3n) is 2.54. The van der Waals surface area contributed by atoms with Crippen molar-refractivity contribution in [2.24, 2.45) is 0 Å². The lowest BCUT2D eigenvalue weighted by atomic mass is 10.2. The van der Waals surface area contributed by atoms with Crippen LogP contribution in [0, 0.1) is 0 Å². The van der Waals surface area contributed by atoms with Crippen molar-refractivity contribution in [3.63, 3.8) is 0 Å². The van der Waals surface area contributed by atoms with Crippen molar-refractivity contribution < 1.29 is 13.2 Å². The number of rotatable bonds is 6. The van der Waals surface area contributed by atoms with Crippen molar-refractivity contribution in [2.75, 3.05) is 12.8 Å². The summed E-state index contributed by atoms with van der Waals surface area (Å²) in [5, 5.41) is 2.65. The van der Waals surface area contributed by atoms with Gasteiger partial charge in [0.05, 0.1) is 0 Å². The van der Waals surface area contributed by atoms with Crippen molar-refractivity contribution in [1.29, 1.82) is 0 Å². The van der Waals surface area contributed by atoms with Crippen LogP contribution in [-0.4, -0.2) is 36.7 Å². The maximum absolute atomic E-state index is 11.7. The van der Waals surface area contributed by atoms with Crippen LogP contribution in [-0.2, 0) is 14.6 Å². The molecule has 6 heteroatoms. The zero-order valence-corrected chi connectivity index (χ0v) is 12.6. The summed E-state index contributed by atoms with van der Waals surface area (Å²) < 4.78 is 21.4. The fourth-order valence-corrected chi connectivity index (χ4v) is 1.70. The van der Waals surface area contributed by atoms with Crippen LogP contribution < -0.4 is 5.32 Å². The van der Waals surface area contributed by atoms with E-state index in [9.17, 15) is 13.2 Å². The predicted octanol–water partition coefficient (Wildman–Crippen LogP) is 1.49. The van der Waals surface area contributed by atoms with E-state index >= 15 is 0 Å². The second kappa shape index (κ2) is 6.00. The van der Waals surface area contributed by atoms with E-state index in [0.717, 1.165) is 19.1 Å². The van der Waals surface area contributed by atoms with Crippen molar-refractivity contribution in [2.45, 2.75) is 43.2 Å². The first-order chi connectivity index (χ1) is 7.09. The van der Waals surface area contributed by atoms with Crippen LogP contribution in [0.2, 0.25) is 0 Å². The molecular formula is C10H20BrNO3S. The van der Waals surface area contributed by atoms with Gasteiger partial charge in [-0.05, 0) is 26.7 Å². The summed E-state index contributed by atoms with van der Waals surface area (Å²) in [5.41, 5.74) is 0. The van der Waals surface area contributed by atoms with Crippen LogP contribution in [0.15, 0.2) is 0 Å². The molecule has 0 saturated carbocycles. The molecule has 0 aliphatic rings. The Morgan fingerprint density at radius 3 is 2.31 bits per heavy atom. The third-order valence-corrected chi connectivity index (χ3v) is 5.04. The molecule has 0 rings (SSSR count). The molecule has 0 saturated heterocycles. The van der Waals surface area contributed by atoms with Crippen LogP contribution in [0.25, 0.3) is 0 Å². The van der Waals surface area contributed by atoms with Gasteiger partial charge in [0.1, 0.15) is 4.75 Å². The first kappa shape index (κ1) is 15.9. The number of amides is 1. The van der Waals surface area contributed by atoms with Crippen LogP contribution >= 0.6 is 15.9 Å². The fourth-order valence-electron chi connectivity index (χ4n) is 0.967. The SMILES string of the molecule is CC(Br)CCCNC(=O)C(C)(C)S(C)(=O)=O. The zero-order chi connectivity index (χ0) is 13.0. The highest BCUT2D eigenvalue weighted by atomic mass is 79.9. The van der Waals surface area contributed by atoms with Crippen LogP contribution in [0.1, 0.15) is 33.6 Å². The maximum Gasteiger partial charge on any atom is 0.240 e. The highest BCUT2D eigenvalue weighted by Gasteiger charge is 2.37. The Balaban J connectivity index is 4.18. The summed E-state index contributed by atoms with van der Waals surface area (Å²) in [6.07, 6.45) is 2.85. The molecule has 0 aromatic heterocycles. The van der Waals surface area contributed by atoms with E-state index in [1.54, 1.807) is 0 Å². The second-order valence-corrected chi connectivity index (χ2v) is 8.59. The van der Waals surface area contributed by atoms with Gasteiger partial charge in [-0.2, -0.15) is 0 Å². The Bertz CT molecular complexity index is 336. The average molecular weight is 314 g/mol. The molecular weight excluding hydrogens is 294 g/mol. The van der Waals surface area contributed by atoms with E-state index in [1.165, 1.54) is 13.8 Å². The summed E-state index contributed by atoms with van der Waals surface area (Å²) in [6, 6.07) is 0. The standard InChI is InChI=1S/C10H20BrNO3S/c1-8(11)6-5-7-12-9(13)10(2,3)16(4,14)15/h8H,5-7H2,1-4H3,(H,12,13). The average Bonchev–Trinajstić information content (AvgIpc) is 2.09. The van der Waals surface area contributed by atoms with Crippen LogP contribution in [0.3, 0.4) is 0 Å². The zero-order valence-electron chi connectivity index (χ0n) is 10.2. The topological polar surface area (TPSA) is 63.2 Å². The molecule has 0 heterocycles. The summed E-state index contributed by atoms with van der Waals surface area (Å²) in [6.45, 7) is 5.38. The van der Waals surface area contributed by atoms with E-state index in [2.05, 4.69) is 21.2 Å². The Hall–Kier alpha value is -0.100. The van der Waals surface area contributed by atoms with Crippen molar-refractivity contribution >= 4 is 31.7 Å². The normalized spacial score (nSPS) is 14.6. The van der Waals surface area contributed by atoms with Gasteiger partial charge in [0, 0.05) is 17.6 Å². The van der Waals surface area contributed by atoms with Crippen LogP contribution in [0.4, 0.5) is 0 Å². The van der Waals surface area contributed by atoms with Gasteiger partial charge in [-0.3, -0.25) is 4.79 Å². The molecule has 0 spiro atoms. The summed E-state index contributed by atoms with van der Waals surface area (Å²) in [5.74, 6) is -0.433. The monoisotopic (exact) mass is 313 g/mol. The predicted molar refractivity (Wildman–Crippen MR) is 69.6 cm³/mol. The van der Waals surface area contributed by atoms with Crippen LogP contribution in [0.5, 0.6) is 0 Å². The van der Waals surface area contributed by atoms with Crippen molar-refractivity contribution in [1.82, 2.24) is 5.32 Å². The molecule has 1 amide bonds. The first-order valence-electron chi connectivity index (χ1n) is 5.21. The molecule has 1 N–H and O–H groups in total. The summed E-state index contributed by atoms with van der Waals surface area (Å²) in [4.78, 5) is 12.1. The summed E-state index contributed by atoms with van der Waals surface area (Å²) in [7, 11) is -3.38. The van der Waals surface area contributed by atoms with E-state index in [1.807, 2.05) is 6.92 Å². The molecule has 0 aliphatic heterocycles. The van der Waals surface area contributed by atoms with E-state index in [4.69, 9.17) is 0 Å². The molecule has 0 aliphatic carbocycles. The van der Waals surface area contributed by atoms with Gasteiger partial charge in [0.2, 0.25) is 5.91 Å². The maximum atomic E-state index is 11.7. The van der Waals surface area contributed by atoms with Gasteiger partial charge in [0.15, 0.2) is 9.84 Å². The number of carbonyl (C=O) groups excluding carboxylic acids is 1. The smallest absolute Gasteiger partial charge is 0.240 e. The lowest BCUT2D eigenvalue weighted by Crippen LogP contribution is -2.47. The molecule has 4 nitrogen and oxygen atoms in total. The number of nitrogens with one attached hydrogen (secondary N) is 1. The largest absolute Gasteiger partial charge is 0.355 e. The van der Waals surface area contributed by atoms with Crippen molar-refractivity contribution in [3.05, 3.63) is 0 Å². The van der Waals surface area contributed by atoms with Gasteiger partial charge in [-0.1, -0.05) is 22.9 Å². The highest BCUT2D eigenvalue weighted by molar-refractivity contribution is 9.09. The Morgan fingerprint density at radius 1 is 1.44 bits per heavy atom. The number of alkyl halides is 1. The van der Waals surface area contributed by atoms with E-state index in [0.29, 0.717) is 11.4 Å². The molecule has 16 heavy (non-hydrogen) atoms. The van der Waals surface area contributed by atoms with Gasteiger partial charge in [-0.15, -0.1) is 0 Å². The van der Waals surface area contributed by atoms with Gasteiger partial charge < -0.3 is 5.32 Å². The van der Waals surface area contributed by atoms with E-state index < -0.39 is 20.5 Å². The lowest BCUT2D eigenvalue weighted by Gasteiger charge is -2.21. The molecule has 0 aromatic rings. The molecule has 0 radical (unpaired) electrons. The third kappa shape index (κ3) is 4.82. The number of sulfone groups is 1. The Kier molecular flexibility index (Phi) is 5.96. The van der Waals surface area contributed by atoms with Crippen molar-refractivity contribution in [3.8, 4) is 0 Å². The quantitative estimate of drug-likeness (QED) is 0.597. The minimum atomic E-state index is -3.38. The fraction of sp³-hybridized carbons (Fsp3) is 0.900. The highest BCUT2D eigenvalue weighted by Crippen LogP contribution is 2.15. The minimum absolute atomic E-state index is 0.410. The Labute approximate surface area is 106 Å². The molecule has 96 valence electrons. The molecule has 0 bridgehead atoms. The summed E-state index contributed by atoms with van der Waals surface area (Å²) >= 11 is 3.40. The second-order valence-electron chi connectivity index (χ2n) is 4.46. The molecule has 1 atom stereocenters. The number of hydrogen-bond acceptors (Lipinski definition) is 3.